The number of fused-ring (bicyclic) bond motifs is 5. The van der Waals surface area contributed by atoms with Gasteiger partial charge in [0.05, 0.1) is 71.7 Å². The van der Waals surface area contributed by atoms with Crippen LogP contribution in [0.4, 0.5) is 27.2 Å². The quantitative estimate of drug-likeness (QED) is 0.0910. The second-order valence-electron chi connectivity index (χ2n) is 18.0. The molecule has 0 bridgehead atoms. The molecule has 5 atom stereocenters. The molecule has 3 aliphatic heterocycles. The summed E-state index contributed by atoms with van der Waals surface area (Å²) < 4.78 is 76.3. The van der Waals surface area contributed by atoms with E-state index in [0.717, 1.165) is 12.6 Å². The van der Waals surface area contributed by atoms with Crippen molar-refractivity contribution in [2.75, 3.05) is 27.3 Å². The number of nitrogens with zero attached hydrogens (tertiary/aromatic N) is 6. The summed E-state index contributed by atoms with van der Waals surface area (Å²) in [6.45, 7) is 8.22. The van der Waals surface area contributed by atoms with Crippen LogP contribution in [-0.4, -0.2) is 103 Å². The number of halogens is 4. The van der Waals surface area contributed by atoms with E-state index in [1.807, 2.05) is 39.8 Å². The van der Waals surface area contributed by atoms with Crippen molar-refractivity contribution in [1.29, 1.82) is 0 Å². The molecule has 4 aromatic heterocycles. The van der Waals surface area contributed by atoms with Crippen LogP contribution < -0.4 is 15.4 Å². The third kappa shape index (κ3) is 8.85. The van der Waals surface area contributed by atoms with E-state index in [0.29, 0.717) is 94.4 Å². The predicted octanol–water partition coefficient (Wildman–Crippen LogP) is 8.73. The molecule has 2 saturated heterocycles. The lowest BCUT2D eigenvalue weighted by atomic mass is 10.0. The fraction of sp³-hybridized carbons (Fsp3) is 0.426. The molecule has 69 heavy (non-hydrogen) atoms. The van der Waals surface area contributed by atoms with Gasteiger partial charge in [-0.05, 0) is 67.9 Å². The maximum absolute atomic E-state index is 16.8. The SMILES string of the molecule is COC(=O)NC(C(=O)N1CCC[C@H]1c1ncc(-c2ccc3c(c2)cc2n3C(c3cnc(C(F)(F)F)s3)Oc3cc(-c4cnc([C@@H]5CCCN5C(=O)[C@@H](NC(=O)OC)C(C)C)[nH]4)cc(F)c3-2)[nH]1)C(C)C. The number of alkyl carbamates (subject to hydrolysis) is 2. The minimum atomic E-state index is -4.71. The molecule has 0 radical (unpaired) electrons. The highest BCUT2D eigenvalue weighted by Gasteiger charge is 2.41. The Morgan fingerprint density at radius 2 is 1.35 bits per heavy atom. The third-order valence-electron chi connectivity index (χ3n) is 12.9. The fourth-order valence-corrected chi connectivity index (χ4v) is 10.3. The van der Waals surface area contributed by atoms with Crippen LogP contribution in [0.25, 0.3) is 44.7 Å². The summed E-state index contributed by atoms with van der Waals surface area (Å²) in [4.78, 5) is 74.8. The smallest absolute Gasteiger partial charge is 0.443 e. The number of benzene rings is 2. The topological polar surface area (TPSA) is 202 Å². The fourth-order valence-electron chi connectivity index (χ4n) is 9.51. The summed E-state index contributed by atoms with van der Waals surface area (Å²) >= 11 is 0.431. The highest BCUT2D eigenvalue weighted by Crippen LogP contribution is 2.49. The molecule has 3 aliphatic rings. The first-order valence-electron chi connectivity index (χ1n) is 22.5. The third-order valence-corrected chi connectivity index (χ3v) is 14.0. The number of aromatic amines is 2. The number of thiazole rings is 1. The first-order chi connectivity index (χ1) is 32.9. The summed E-state index contributed by atoms with van der Waals surface area (Å²) in [5.74, 6) is -0.555. The molecule has 2 unspecified atom stereocenters. The Hall–Kier alpha value is -6.97. The van der Waals surface area contributed by atoms with Gasteiger partial charge in [0.25, 0.3) is 0 Å². The van der Waals surface area contributed by atoms with Crippen molar-refractivity contribution < 1.29 is 51.0 Å². The lowest BCUT2D eigenvalue weighted by molar-refractivity contribution is -0.138. The Labute approximate surface area is 396 Å². The van der Waals surface area contributed by atoms with E-state index in [9.17, 15) is 32.3 Å². The molecule has 2 aromatic carbocycles. The number of carbonyl (C=O) groups is 4. The molecular weight excluding hydrogens is 925 g/mol. The Balaban J connectivity index is 1.04. The molecule has 22 heteroatoms. The van der Waals surface area contributed by atoms with E-state index >= 15 is 4.39 Å². The molecule has 364 valence electrons. The van der Waals surface area contributed by atoms with Crippen molar-refractivity contribution in [1.82, 2.24) is 49.9 Å². The van der Waals surface area contributed by atoms with Gasteiger partial charge in [-0.25, -0.2) is 28.9 Å². The van der Waals surface area contributed by atoms with E-state index in [4.69, 9.17) is 14.2 Å². The average molecular weight is 975 g/mol. The van der Waals surface area contributed by atoms with Crippen LogP contribution >= 0.6 is 11.3 Å². The van der Waals surface area contributed by atoms with E-state index in [2.05, 4.69) is 35.6 Å². The molecule has 2 fully saturated rings. The number of rotatable bonds is 11. The standard InChI is InChI=1S/C47H50F4N10O7S/c1-22(2)37(57-45(64)66-5)41(62)59-13-7-9-31(59)39-52-19-28(55-39)24-11-12-30-26(15-24)17-33-36-27(48)16-25(18-34(36)68-43(61(30)33)35-21-54-44(69-35)47(49,50)51)29-20-53-40(56-29)32-10-8-14-60(32)42(63)38(23(3)4)58-46(65)67-6/h11-12,15-23,31-32,37-38,43H,7-10,13-14H2,1-6H3,(H,52,55)(H,53,56)(H,57,64)(H,58,65)/t31-,32-,37?,38-,43?/m0/s1. The van der Waals surface area contributed by atoms with Crippen molar-refractivity contribution in [3.8, 4) is 39.5 Å². The van der Waals surface area contributed by atoms with Crippen LogP contribution in [0.3, 0.4) is 0 Å². The normalized spacial score (nSPS) is 18.8. The zero-order valence-electron chi connectivity index (χ0n) is 38.4. The number of aromatic nitrogens is 6. The van der Waals surface area contributed by atoms with Crippen LogP contribution in [0.15, 0.2) is 55.0 Å². The molecule has 4 amide bonds. The number of hydrogen-bond acceptors (Lipinski definition) is 11. The zero-order valence-corrected chi connectivity index (χ0v) is 39.3. The number of amides is 4. The van der Waals surface area contributed by atoms with Gasteiger partial charge in [0, 0.05) is 35.8 Å². The van der Waals surface area contributed by atoms with Crippen molar-refractivity contribution in [2.24, 2.45) is 11.8 Å². The number of ether oxygens (including phenoxy) is 3. The number of H-pyrrole nitrogens is 2. The van der Waals surface area contributed by atoms with Gasteiger partial charge in [-0.15, -0.1) is 11.3 Å². The summed E-state index contributed by atoms with van der Waals surface area (Å²) in [5, 5.41) is 4.85. The summed E-state index contributed by atoms with van der Waals surface area (Å²) in [5.41, 5.74) is 3.09. The van der Waals surface area contributed by atoms with Gasteiger partial charge in [0.15, 0.2) is 5.01 Å². The van der Waals surface area contributed by atoms with E-state index in [-0.39, 0.29) is 45.9 Å². The lowest BCUT2D eigenvalue weighted by Crippen LogP contribution is -2.51. The van der Waals surface area contributed by atoms with Gasteiger partial charge in [-0.2, -0.15) is 13.2 Å². The Kier molecular flexibility index (Phi) is 12.6. The number of alkyl halides is 3. The number of likely N-dealkylation sites (tertiary alicyclic amines) is 2. The monoisotopic (exact) mass is 974 g/mol. The van der Waals surface area contributed by atoms with Gasteiger partial charge in [0.1, 0.15) is 35.3 Å². The zero-order chi connectivity index (χ0) is 49.1. The Bertz CT molecular complexity index is 2940. The number of methoxy groups -OCH3 is 2. The Morgan fingerprint density at radius 3 is 1.87 bits per heavy atom. The minimum absolute atomic E-state index is 0.0744. The highest BCUT2D eigenvalue weighted by molar-refractivity contribution is 7.11. The number of nitrogens with one attached hydrogen (secondary N) is 4. The van der Waals surface area contributed by atoms with Gasteiger partial charge in [-0.3, -0.25) is 14.2 Å². The lowest BCUT2D eigenvalue weighted by Gasteiger charge is -2.30. The summed E-state index contributed by atoms with van der Waals surface area (Å²) in [7, 11) is 2.46. The summed E-state index contributed by atoms with van der Waals surface area (Å²) in [6, 6.07) is 7.66. The first kappa shape index (κ1) is 47.1. The molecule has 0 saturated carbocycles. The molecule has 9 rings (SSSR count). The molecule has 0 aliphatic carbocycles. The van der Waals surface area contributed by atoms with E-state index in [1.165, 1.54) is 26.5 Å². The molecule has 0 spiro atoms. The van der Waals surface area contributed by atoms with Gasteiger partial charge in [0.2, 0.25) is 18.0 Å². The maximum atomic E-state index is 16.8. The molecule has 7 heterocycles. The average Bonchev–Trinajstić information content (AvgIpc) is 4.18. The molecule has 6 aromatic rings. The van der Waals surface area contributed by atoms with Gasteiger partial charge >= 0.3 is 18.4 Å². The van der Waals surface area contributed by atoms with Gasteiger partial charge in [-0.1, -0.05) is 33.8 Å². The van der Waals surface area contributed by atoms with Crippen molar-refractivity contribution in [3.05, 3.63) is 82.3 Å². The van der Waals surface area contributed by atoms with Crippen LogP contribution in [0, 0.1) is 17.7 Å². The predicted molar refractivity (Wildman–Crippen MR) is 244 cm³/mol. The highest BCUT2D eigenvalue weighted by atomic mass is 32.1. The van der Waals surface area contributed by atoms with Crippen LogP contribution in [0.5, 0.6) is 5.75 Å². The van der Waals surface area contributed by atoms with Crippen molar-refractivity contribution >= 4 is 46.2 Å². The maximum Gasteiger partial charge on any atom is 0.443 e. The molecule has 17 nitrogen and oxygen atoms in total. The molecule has 4 N–H and O–H groups in total. The minimum Gasteiger partial charge on any atom is -0.464 e. The number of hydrogen-bond donors (Lipinski definition) is 4. The van der Waals surface area contributed by atoms with Crippen molar-refractivity contribution in [3.63, 3.8) is 0 Å². The number of carbonyl (C=O) groups excluding carboxylic acids is 4. The Morgan fingerprint density at radius 1 is 0.783 bits per heavy atom. The molecular formula is C47H50F4N10O7S. The van der Waals surface area contributed by atoms with Gasteiger partial charge < -0.3 is 44.6 Å². The van der Waals surface area contributed by atoms with Crippen LogP contribution in [0.2, 0.25) is 0 Å². The van der Waals surface area contributed by atoms with E-state index in [1.54, 1.807) is 38.8 Å². The summed E-state index contributed by atoms with van der Waals surface area (Å²) in [6.07, 6.45) is -0.360. The van der Waals surface area contributed by atoms with Crippen LogP contribution in [-0.2, 0) is 25.2 Å². The van der Waals surface area contributed by atoms with Crippen molar-refractivity contribution in [2.45, 2.75) is 89.9 Å². The largest absolute Gasteiger partial charge is 0.464 e. The van der Waals surface area contributed by atoms with Crippen LogP contribution in [0.1, 0.15) is 93.2 Å². The second kappa shape index (κ2) is 18.5. The number of imidazole rings is 2. The second-order valence-corrected chi connectivity index (χ2v) is 19.1. The first-order valence-corrected chi connectivity index (χ1v) is 23.4. The van der Waals surface area contributed by atoms with E-state index < -0.39 is 53.5 Å².